The molecular formula is C13H17NO. The molecule has 1 aromatic rings. The van der Waals surface area contributed by atoms with Crippen LogP contribution in [0.1, 0.15) is 41.6 Å². The van der Waals surface area contributed by atoms with E-state index in [2.05, 4.69) is 0 Å². The molecule has 0 bridgehead atoms. The van der Waals surface area contributed by atoms with Crippen LogP contribution in [-0.2, 0) is 0 Å². The number of hydrogen-bond acceptors (Lipinski definition) is 2. The summed E-state index contributed by atoms with van der Waals surface area (Å²) in [5, 5.41) is 0. The summed E-state index contributed by atoms with van der Waals surface area (Å²) in [6.45, 7) is 1.99. The summed E-state index contributed by atoms with van der Waals surface area (Å²) in [5.41, 5.74) is 8.23. The second kappa shape index (κ2) is 4.05. The number of nitrogen functional groups attached to an aromatic ring is 1. The average molecular weight is 203 g/mol. The van der Waals surface area contributed by atoms with Gasteiger partial charge in [-0.05, 0) is 25.0 Å². The molecular weight excluding hydrogens is 186 g/mol. The summed E-state index contributed by atoms with van der Waals surface area (Å²) in [6, 6.07) is 5.66. The molecule has 0 unspecified atom stereocenters. The van der Waals surface area contributed by atoms with E-state index in [0.29, 0.717) is 23.6 Å². The predicted molar refractivity (Wildman–Crippen MR) is 61.9 cm³/mol. The Bertz CT molecular complexity index is 380. The third kappa shape index (κ3) is 2.20. The number of benzene rings is 1. The van der Waals surface area contributed by atoms with Gasteiger partial charge in [0.1, 0.15) is 0 Å². The van der Waals surface area contributed by atoms with Gasteiger partial charge < -0.3 is 5.73 Å². The Labute approximate surface area is 90.5 Å². The molecule has 0 radical (unpaired) electrons. The van der Waals surface area contributed by atoms with Crippen molar-refractivity contribution < 1.29 is 4.79 Å². The van der Waals surface area contributed by atoms with Gasteiger partial charge in [0, 0.05) is 17.7 Å². The number of anilines is 1. The van der Waals surface area contributed by atoms with Gasteiger partial charge in [0.15, 0.2) is 5.78 Å². The Hall–Kier alpha value is -1.31. The molecule has 0 heterocycles. The zero-order valence-electron chi connectivity index (χ0n) is 9.12. The molecule has 1 fully saturated rings. The van der Waals surface area contributed by atoms with Crippen LogP contribution in [0, 0.1) is 12.8 Å². The first-order chi connectivity index (χ1) is 7.16. The first-order valence-corrected chi connectivity index (χ1v) is 5.56. The molecule has 15 heavy (non-hydrogen) atoms. The van der Waals surface area contributed by atoms with Crippen molar-refractivity contribution in [2.45, 2.75) is 32.6 Å². The van der Waals surface area contributed by atoms with E-state index in [1.807, 2.05) is 25.1 Å². The standard InChI is InChI=1S/C13H17NO/c1-9-5-6-12(14)11(7-9)13(15)8-10-3-2-4-10/h5-7,10H,2-4,8,14H2,1H3. The van der Waals surface area contributed by atoms with E-state index in [1.165, 1.54) is 19.3 Å². The van der Waals surface area contributed by atoms with Crippen LogP contribution in [0.5, 0.6) is 0 Å². The second-order valence-corrected chi connectivity index (χ2v) is 4.51. The van der Waals surface area contributed by atoms with Crippen LogP contribution in [0.15, 0.2) is 18.2 Å². The number of carbonyl (C=O) groups excluding carboxylic acids is 1. The van der Waals surface area contributed by atoms with Crippen molar-refractivity contribution in [1.82, 2.24) is 0 Å². The highest BCUT2D eigenvalue weighted by atomic mass is 16.1. The Morgan fingerprint density at radius 2 is 2.20 bits per heavy atom. The molecule has 1 saturated carbocycles. The van der Waals surface area contributed by atoms with Crippen molar-refractivity contribution in [3.05, 3.63) is 29.3 Å². The molecule has 2 nitrogen and oxygen atoms in total. The molecule has 0 saturated heterocycles. The zero-order valence-corrected chi connectivity index (χ0v) is 9.12. The lowest BCUT2D eigenvalue weighted by molar-refractivity contribution is 0.0937. The average Bonchev–Trinajstić information content (AvgIpc) is 2.15. The van der Waals surface area contributed by atoms with Crippen LogP contribution in [0.2, 0.25) is 0 Å². The Morgan fingerprint density at radius 3 is 2.80 bits per heavy atom. The summed E-state index contributed by atoms with van der Waals surface area (Å²) < 4.78 is 0. The number of carbonyl (C=O) groups is 1. The molecule has 2 N–H and O–H groups in total. The minimum atomic E-state index is 0.209. The maximum absolute atomic E-state index is 11.9. The fraction of sp³-hybridized carbons (Fsp3) is 0.462. The molecule has 2 rings (SSSR count). The Balaban J connectivity index is 2.12. The van der Waals surface area contributed by atoms with Gasteiger partial charge in [0.05, 0.1) is 0 Å². The van der Waals surface area contributed by atoms with Crippen LogP contribution in [0.25, 0.3) is 0 Å². The topological polar surface area (TPSA) is 43.1 Å². The maximum atomic E-state index is 11.9. The van der Waals surface area contributed by atoms with E-state index in [4.69, 9.17) is 5.73 Å². The van der Waals surface area contributed by atoms with E-state index >= 15 is 0 Å². The molecule has 2 heteroatoms. The van der Waals surface area contributed by atoms with Crippen LogP contribution < -0.4 is 5.73 Å². The number of aryl methyl sites for hydroxylation is 1. The van der Waals surface area contributed by atoms with Gasteiger partial charge in [-0.25, -0.2) is 0 Å². The predicted octanol–water partition coefficient (Wildman–Crippen LogP) is 2.95. The smallest absolute Gasteiger partial charge is 0.165 e. The van der Waals surface area contributed by atoms with Gasteiger partial charge in [-0.1, -0.05) is 30.9 Å². The number of nitrogens with two attached hydrogens (primary N) is 1. The molecule has 1 aliphatic carbocycles. The van der Waals surface area contributed by atoms with Gasteiger partial charge in [0.2, 0.25) is 0 Å². The van der Waals surface area contributed by atoms with Gasteiger partial charge in [-0.3, -0.25) is 4.79 Å². The van der Waals surface area contributed by atoms with Gasteiger partial charge in [0.25, 0.3) is 0 Å². The first kappa shape index (κ1) is 10.2. The van der Waals surface area contributed by atoms with Gasteiger partial charge in [-0.2, -0.15) is 0 Å². The zero-order chi connectivity index (χ0) is 10.8. The highest BCUT2D eigenvalue weighted by molar-refractivity contribution is 6.01. The van der Waals surface area contributed by atoms with Crippen molar-refractivity contribution in [2.24, 2.45) is 5.92 Å². The second-order valence-electron chi connectivity index (χ2n) is 4.51. The van der Waals surface area contributed by atoms with E-state index in [0.717, 1.165) is 5.56 Å². The quantitative estimate of drug-likeness (QED) is 0.606. The molecule has 1 aromatic carbocycles. The molecule has 1 aliphatic rings. The lowest BCUT2D eigenvalue weighted by Gasteiger charge is -2.24. The first-order valence-electron chi connectivity index (χ1n) is 5.56. The molecule has 0 spiro atoms. The minimum absolute atomic E-state index is 0.209. The van der Waals surface area contributed by atoms with Crippen LogP contribution in [0.3, 0.4) is 0 Å². The Kier molecular flexibility index (Phi) is 2.76. The summed E-state index contributed by atoms with van der Waals surface area (Å²) in [5.74, 6) is 0.818. The molecule has 0 amide bonds. The van der Waals surface area contributed by atoms with E-state index < -0.39 is 0 Å². The molecule has 0 aromatic heterocycles. The molecule has 80 valence electrons. The van der Waals surface area contributed by atoms with E-state index in [1.54, 1.807) is 0 Å². The number of Topliss-reactive ketones (excluding diaryl/α,β-unsaturated/α-hetero) is 1. The summed E-state index contributed by atoms with van der Waals surface area (Å²) in [6.07, 6.45) is 4.36. The number of hydrogen-bond donors (Lipinski definition) is 1. The fourth-order valence-corrected chi connectivity index (χ4v) is 1.98. The van der Waals surface area contributed by atoms with Crippen molar-refractivity contribution in [2.75, 3.05) is 5.73 Å². The van der Waals surface area contributed by atoms with Crippen molar-refractivity contribution in [3.63, 3.8) is 0 Å². The molecule has 0 atom stereocenters. The monoisotopic (exact) mass is 203 g/mol. The highest BCUT2D eigenvalue weighted by Gasteiger charge is 2.22. The fourth-order valence-electron chi connectivity index (χ4n) is 1.98. The van der Waals surface area contributed by atoms with E-state index in [-0.39, 0.29) is 5.78 Å². The van der Waals surface area contributed by atoms with Gasteiger partial charge >= 0.3 is 0 Å². The number of rotatable bonds is 3. The minimum Gasteiger partial charge on any atom is -0.398 e. The Morgan fingerprint density at radius 1 is 1.47 bits per heavy atom. The van der Waals surface area contributed by atoms with Crippen LogP contribution >= 0.6 is 0 Å². The van der Waals surface area contributed by atoms with Crippen molar-refractivity contribution >= 4 is 11.5 Å². The van der Waals surface area contributed by atoms with Crippen molar-refractivity contribution in [3.8, 4) is 0 Å². The van der Waals surface area contributed by atoms with Crippen molar-refractivity contribution in [1.29, 1.82) is 0 Å². The summed E-state index contributed by atoms with van der Waals surface area (Å²) in [7, 11) is 0. The van der Waals surface area contributed by atoms with Gasteiger partial charge in [-0.15, -0.1) is 0 Å². The van der Waals surface area contributed by atoms with Crippen LogP contribution in [0.4, 0.5) is 5.69 Å². The summed E-state index contributed by atoms with van der Waals surface area (Å²) in [4.78, 5) is 11.9. The largest absolute Gasteiger partial charge is 0.398 e. The SMILES string of the molecule is Cc1ccc(N)c(C(=O)CC2CCC2)c1. The highest BCUT2D eigenvalue weighted by Crippen LogP contribution is 2.31. The normalized spacial score (nSPS) is 16.1. The maximum Gasteiger partial charge on any atom is 0.165 e. The third-order valence-corrected chi connectivity index (χ3v) is 3.21. The third-order valence-electron chi connectivity index (χ3n) is 3.21. The lowest BCUT2D eigenvalue weighted by atomic mass is 9.80. The van der Waals surface area contributed by atoms with Crippen LogP contribution in [-0.4, -0.2) is 5.78 Å². The summed E-state index contributed by atoms with van der Waals surface area (Å²) >= 11 is 0. The number of ketones is 1. The van der Waals surface area contributed by atoms with E-state index in [9.17, 15) is 4.79 Å². The lowest BCUT2D eigenvalue weighted by Crippen LogP contribution is -2.16. The molecule has 0 aliphatic heterocycles.